The second kappa shape index (κ2) is 5.19. The molecule has 0 aliphatic heterocycles. The highest BCUT2D eigenvalue weighted by molar-refractivity contribution is 7.12. The van der Waals surface area contributed by atoms with Crippen LogP contribution in [-0.4, -0.2) is 10.9 Å². The van der Waals surface area contributed by atoms with Crippen LogP contribution in [0.5, 0.6) is 5.75 Å². The Morgan fingerprint density at radius 2 is 1.94 bits per heavy atom. The molecule has 1 N–H and O–H groups in total. The number of aromatic hydroxyl groups is 1. The lowest BCUT2D eigenvalue weighted by Crippen LogP contribution is -1.89. The zero-order valence-corrected chi connectivity index (χ0v) is 11.1. The van der Waals surface area contributed by atoms with Crippen LogP contribution in [0.1, 0.15) is 26.4 Å². The van der Waals surface area contributed by atoms with Crippen molar-refractivity contribution in [3.05, 3.63) is 57.3 Å². The van der Waals surface area contributed by atoms with Gasteiger partial charge in [0.15, 0.2) is 5.78 Å². The van der Waals surface area contributed by atoms with Gasteiger partial charge in [-0.2, -0.15) is 0 Å². The smallest absolute Gasteiger partial charge is 0.195 e. The molecule has 2 nitrogen and oxygen atoms in total. The van der Waals surface area contributed by atoms with Crippen LogP contribution in [0.2, 0.25) is 0 Å². The molecule has 92 valence electrons. The SMILES string of the molecule is Cc1cc(/C=C/C(=O)c2cccs2)cc(C)c1O. The van der Waals surface area contributed by atoms with Gasteiger partial charge in [0.2, 0.25) is 0 Å². The Labute approximate surface area is 110 Å². The first kappa shape index (κ1) is 12.6. The Kier molecular flexibility index (Phi) is 3.63. The summed E-state index contributed by atoms with van der Waals surface area (Å²) >= 11 is 1.43. The minimum absolute atomic E-state index is 0.00776. The molecule has 2 aromatic rings. The van der Waals surface area contributed by atoms with E-state index in [1.807, 2.05) is 43.5 Å². The molecule has 0 radical (unpaired) electrons. The molecule has 1 heterocycles. The molecule has 3 heteroatoms. The Hall–Kier alpha value is -1.87. The number of carbonyl (C=O) groups is 1. The van der Waals surface area contributed by atoms with Crippen molar-refractivity contribution in [2.24, 2.45) is 0 Å². The van der Waals surface area contributed by atoms with Crippen LogP contribution >= 0.6 is 11.3 Å². The summed E-state index contributed by atoms with van der Waals surface area (Å²) in [5, 5.41) is 11.6. The van der Waals surface area contributed by atoms with Gasteiger partial charge in [-0.15, -0.1) is 11.3 Å². The quantitative estimate of drug-likeness (QED) is 0.668. The zero-order chi connectivity index (χ0) is 13.1. The minimum Gasteiger partial charge on any atom is -0.507 e. The third-order valence-electron chi connectivity index (χ3n) is 2.70. The van der Waals surface area contributed by atoms with Gasteiger partial charge in [0, 0.05) is 0 Å². The number of hydrogen-bond donors (Lipinski definition) is 1. The van der Waals surface area contributed by atoms with Crippen molar-refractivity contribution < 1.29 is 9.90 Å². The summed E-state index contributed by atoms with van der Waals surface area (Å²) in [5.41, 5.74) is 2.56. The maximum Gasteiger partial charge on any atom is 0.195 e. The van der Waals surface area contributed by atoms with Crippen molar-refractivity contribution in [2.45, 2.75) is 13.8 Å². The maximum absolute atomic E-state index is 11.8. The van der Waals surface area contributed by atoms with Crippen molar-refractivity contribution in [3.8, 4) is 5.75 Å². The number of carbonyl (C=O) groups excluding carboxylic acids is 1. The first-order valence-corrected chi connectivity index (χ1v) is 6.52. The fourth-order valence-electron chi connectivity index (χ4n) is 1.76. The number of thiophene rings is 1. The van der Waals surface area contributed by atoms with E-state index in [0.29, 0.717) is 5.75 Å². The summed E-state index contributed by atoms with van der Waals surface area (Å²) < 4.78 is 0. The summed E-state index contributed by atoms with van der Waals surface area (Å²) in [4.78, 5) is 12.5. The van der Waals surface area contributed by atoms with Crippen molar-refractivity contribution in [2.75, 3.05) is 0 Å². The van der Waals surface area contributed by atoms with Crippen LogP contribution < -0.4 is 0 Å². The van der Waals surface area contributed by atoms with Crippen LogP contribution in [-0.2, 0) is 0 Å². The Morgan fingerprint density at radius 3 is 2.50 bits per heavy atom. The van der Waals surface area contributed by atoms with E-state index in [-0.39, 0.29) is 5.78 Å². The molecule has 0 aliphatic carbocycles. The molecule has 0 saturated carbocycles. The number of hydrogen-bond acceptors (Lipinski definition) is 3. The Balaban J connectivity index is 2.22. The van der Waals surface area contributed by atoms with Crippen LogP contribution in [0.25, 0.3) is 6.08 Å². The molecule has 0 spiro atoms. The van der Waals surface area contributed by atoms with Crippen molar-refractivity contribution in [1.29, 1.82) is 0 Å². The maximum atomic E-state index is 11.8. The molecule has 0 fully saturated rings. The first-order valence-electron chi connectivity index (χ1n) is 5.64. The third kappa shape index (κ3) is 2.68. The number of benzene rings is 1. The van der Waals surface area contributed by atoms with E-state index < -0.39 is 0 Å². The lowest BCUT2D eigenvalue weighted by Gasteiger charge is -2.04. The van der Waals surface area contributed by atoms with Gasteiger partial charge >= 0.3 is 0 Å². The average molecular weight is 258 g/mol. The molecule has 0 amide bonds. The molecule has 1 aromatic heterocycles. The van der Waals surface area contributed by atoms with Crippen LogP contribution in [0.3, 0.4) is 0 Å². The molecule has 18 heavy (non-hydrogen) atoms. The summed E-state index contributed by atoms with van der Waals surface area (Å²) in [5.74, 6) is 0.324. The van der Waals surface area contributed by atoms with Crippen LogP contribution in [0.15, 0.2) is 35.7 Å². The summed E-state index contributed by atoms with van der Waals surface area (Å²) in [6.45, 7) is 3.70. The van der Waals surface area contributed by atoms with E-state index in [9.17, 15) is 9.90 Å². The monoisotopic (exact) mass is 258 g/mol. The predicted molar refractivity (Wildman–Crippen MR) is 75.3 cm³/mol. The molecule has 0 atom stereocenters. The number of ketones is 1. The molecular weight excluding hydrogens is 244 g/mol. The molecule has 2 rings (SSSR count). The molecule has 0 saturated heterocycles. The van der Waals surface area contributed by atoms with Gasteiger partial charge in [-0.3, -0.25) is 4.79 Å². The zero-order valence-electron chi connectivity index (χ0n) is 10.3. The van der Waals surface area contributed by atoms with Gasteiger partial charge in [0.25, 0.3) is 0 Å². The largest absolute Gasteiger partial charge is 0.507 e. The summed E-state index contributed by atoms with van der Waals surface area (Å²) in [6.07, 6.45) is 3.35. The first-order chi connectivity index (χ1) is 8.58. The Bertz CT molecular complexity index is 572. The van der Waals surface area contributed by atoms with Gasteiger partial charge in [-0.25, -0.2) is 0 Å². The van der Waals surface area contributed by atoms with Gasteiger partial charge < -0.3 is 5.11 Å². The molecule has 1 aromatic carbocycles. The molecule has 0 unspecified atom stereocenters. The van der Waals surface area contributed by atoms with E-state index in [0.717, 1.165) is 21.6 Å². The number of rotatable bonds is 3. The second-order valence-electron chi connectivity index (χ2n) is 4.18. The fraction of sp³-hybridized carbons (Fsp3) is 0.133. The van der Waals surface area contributed by atoms with Crippen LogP contribution in [0.4, 0.5) is 0 Å². The Morgan fingerprint density at radius 1 is 1.28 bits per heavy atom. The highest BCUT2D eigenvalue weighted by atomic mass is 32.1. The lowest BCUT2D eigenvalue weighted by molar-refractivity contribution is 0.105. The van der Waals surface area contributed by atoms with Crippen molar-refractivity contribution in [1.82, 2.24) is 0 Å². The molecular formula is C15H14O2S. The van der Waals surface area contributed by atoms with Gasteiger partial charge in [0.1, 0.15) is 5.75 Å². The predicted octanol–water partition coefficient (Wildman–Crippen LogP) is 3.97. The number of phenols is 1. The average Bonchev–Trinajstić information content (AvgIpc) is 2.86. The molecule has 0 aliphatic rings. The molecule has 0 bridgehead atoms. The van der Waals surface area contributed by atoms with Crippen LogP contribution in [0, 0.1) is 13.8 Å². The van der Waals surface area contributed by atoms with Crippen molar-refractivity contribution in [3.63, 3.8) is 0 Å². The minimum atomic E-state index is 0.00776. The normalized spacial score (nSPS) is 11.0. The lowest BCUT2D eigenvalue weighted by atomic mass is 10.1. The van der Waals surface area contributed by atoms with Crippen molar-refractivity contribution >= 4 is 23.2 Å². The fourth-order valence-corrected chi connectivity index (χ4v) is 2.40. The topological polar surface area (TPSA) is 37.3 Å². The van der Waals surface area contributed by atoms with Gasteiger partial charge in [0.05, 0.1) is 4.88 Å². The van der Waals surface area contributed by atoms with E-state index >= 15 is 0 Å². The van der Waals surface area contributed by atoms with E-state index in [1.54, 1.807) is 12.2 Å². The van der Waals surface area contributed by atoms with Gasteiger partial charge in [-0.05, 0) is 60.2 Å². The highest BCUT2D eigenvalue weighted by Crippen LogP contribution is 2.23. The number of phenolic OH excluding ortho intramolecular Hbond substituents is 1. The summed E-state index contributed by atoms with van der Waals surface area (Å²) in [7, 11) is 0. The summed E-state index contributed by atoms with van der Waals surface area (Å²) in [6, 6.07) is 7.40. The van der Waals surface area contributed by atoms with Gasteiger partial charge in [-0.1, -0.05) is 12.1 Å². The number of allylic oxidation sites excluding steroid dienone is 1. The third-order valence-corrected chi connectivity index (χ3v) is 3.59. The second-order valence-corrected chi connectivity index (χ2v) is 5.13. The van der Waals surface area contributed by atoms with E-state index in [1.165, 1.54) is 11.3 Å². The van der Waals surface area contributed by atoms with E-state index in [2.05, 4.69) is 0 Å². The number of aryl methyl sites for hydroxylation is 2. The highest BCUT2D eigenvalue weighted by Gasteiger charge is 2.04. The van der Waals surface area contributed by atoms with E-state index in [4.69, 9.17) is 0 Å². The standard InChI is InChI=1S/C15H14O2S/c1-10-8-12(9-11(2)15(10)17)5-6-13(16)14-4-3-7-18-14/h3-9,17H,1-2H3/b6-5+.